The standard InChI is InChI=1S/C19H19FN2O2/c1-13-12-15(20)9-10-16(13)21-18(23)17-8-5-11-22(17)19(24)14-6-3-2-4-7-14/h2-4,6-7,9-10,12,17H,5,8,11H2,1H3,(H,21,23). The Labute approximate surface area is 140 Å². The van der Waals surface area contributed by atoms with Crippen molar-refractivity contribution in [2.45, 2.75) is 25.8 Å². The number of nitrogens with one attached hydrogen (secondary N) is 1. The Hall–Kier alpha value is -2.69. The van der Waals surface area contributed by atoms with Crippen LogP contribution in [-0.2, 0) is 4.79 Å². The van der Waals surface area contributed by atoms with Crippen LogP contribution in [0.3, 0.4) is 0 Å². The predicted molar refractivity (Wildman–Crippen MR) is 90.3 cm³/mol. The van der Waals surface area contributed by atoms with Crippen molar-refractivity contribution in [3.8, 4) is 0 Å². The zero-order valence-corrected chi connectivity index (χ0v) is 13.5. The normalized spacial score (nSPS) is 16.9. The van der Waals surface area contributed by atoms with Gasteiger partial charge in [-0.2, -0.15) is 0 Å². The van der Waals surface area contributed by atoms with Crippen molar-refractivity contribution in [3.63, 3.8) is 0 Å². The van der Waals surface area contributed by atoms with Crippen LogP contribution in [0.4, 0.5) is 10.1 Å². The van der Waals surface area contributed by atoms with Gasteiger partial charge in [0.25, 0.3) is 5.91 Å². The largest absolute Gasteiger partial charge is 0.327 e. The lowest BCUT2D eigenvalue weighted by atomic mass is 10.1. The third-order valence-electron chi connectivity index (χ3n) is 4.28. The van der Waals surface area contributed by atoms with E-state index in [0.29, 0.717) is 29.8 Å². The third kappa shape index (κ3) is 3.30. The van der Waals surface area contributed by atoms with Gasteiger partial charge in [-0.25, -0.2) is 4.39 Å². The molecule has 0 aliphatic carbocycles. The van der Waals surface area contributed by atoms with E-state index in [2.05, 4.69) is 5.32 Å². The molecular weight excluding hydrogens is 307 g/mol. The number of halogens is 1. The zero-order chi connectivity index (χ0) is 17.1. The van der Waals surface area contributed by atoms with Gasteiger partial charge in [0, 0.05) is 17.8 Å². The van der Waals surface area contributed by atoms with Crippen LogP contribution in [0.25, 0.3) is 0 Å². The van der Waals surface area contributed by atoms with Crippen molar-refractivity contribution in [1.29, 1.82) is 0 Å². The first-order valence-corrected chi connectivity index (χ1v) is 7.99. The molecule has 0 radical (unpaired) electrons. The average Bonchev–Trinajstić information content (AvgIpc) is 3.07. The highest BCUT2D eigenvalue weighted by atomic mass is 19.1. The molecular formula is C19H19FN2O2. The average molecular weight is 326 g/mol. The lowest BCUT2D eigenvalue weighted by Gasteiger charge is -2.24. The molecule has 24 heavy (non-hydrogen) atoms. The van der Waals surface area contributed by atoms with E-state index in [1.807, 2.05) is 6.07 Å². The van der Waals surface area contributed by atoms with E-state index in [9.17, 15) is 14.0 Å². The Balaban J connectivity index is 1.75. The number of hydrogen-bond acceptors (Lipinski definition) is 2. The van der Waals surface area contributed by atoms with Crippen molar-refractivity contribution < 1.29 is 14.0 Å². The van der Waals surface area contributed by atoms with Gasteiger partial charge in [-0.15, -0.1) is 0 Å². The number of nitrogens with zero attached hydrogens (tertiary/aromatic N) is 1. The Kier molecular flexibility index (Phi) is 4.60. The lowest BCUT2D eigenvalue weighted by Crippen LogP contribution is -2.43. The molecule has 2 amide bonds. The Bertz CT molecular complexity index is 761. The summed E-state index contributed by atoms with van der Waals surface area (Å²) in [6.07, 6.45) is 1.42. The van der Waals surface area contributed by atoms with Gasteiger partial charge < -0.3 is 10.2 Å². The molecule has 1 unspecified atom stereocenters. The number of rotatable bonds is 3. The Morgan fingerprint density at radius 2 is 1.92 bits per heavy atom. The Morgan fingerprint density at radius 1 is 1.17 bits per heavy atom. The van der Waals surface area contributed by atoms with Crippen LogP contribution < -0.4 is 5.32 Å². The maximum absolute atomic E-state index is 13.2. The number of amides is 2. The molecule has 5 heteroatoms. The summed E-state index contributed by atoms with van der Waals surface area (Å²) in [5.74, 6) is -0.706. The molecule has 1 fully saturated rings. The minimum Gasteiger partial charge on any atom is -0.327 e. The van der Waals surface area contributed by atoms with Gasteiger partial charge in [-0.1, -0.05) is 18.2 Å². The van der Waals surface area contributed by atoms with E-state index in [1.54, 1.807) is 42.2 Å². The summed E-state index contributed by atoms with van der Waals surface area (Å²) >= 11 is 0. The second-order valence-electron chi connectivity index (χ2n) is 5.97. The molecule has 1 N–H and O–H groups in total. The minimum atomic E-state index is -0.498. The first kappa shape index (κ1) is 16.2. The van der Waals surface area contributed by atoms with E-state index in [-0.39, 0.29) is 17.6 Å². The molecule has 2 aromatic carbocycles. The van der Waals surface area contributed by atoms with Gasteiger partial charge in [0.2, 0.25) is 5.91 Å². The molecule has 0 spiro atoms. The fourth-order valence-electron chi connectivity index (χ4n) is 3.01. The minimum absolute atomic E-state index is 0.135. The van der Waals surface area contributed by atoms with Crippen molar-refractivity contribution in [3.05, 3.63) is 65.5 Å². The van der Waals surface area contributed by atoms with Crippen molar-refractivity contribution in [2.24, 2.45) is 0 Å². The maximum atomic E-state index is 13.2. The number of likely N-dealkylation sites (tertiary alicyclic amines) is 1. The highest BCUT2D eigenvalue weighted by molar-refractivity contribution is 6.01. The van der Waals surface area contributed by atoms with Crippen molar-refractivity contribution >= 4 is 17.5 Å². The molecule has 1 aliphatic rings. The van der Waals surface area contributed by atoms with E-state index >= 15 is 0 Å². The predicted octanol–water partition coefficient (Wildman–Crippen LogP) is 3.38. The van der Waals surface area contributed by atoms with Crippen LogP contribution in [-0.4, -0.2) is 29.3 Å². The first-order valence-electron chi connectivity index (χ1n) is 7.99. The summed E-state index contributed by atoms with van der Waals surface area (Å²) in [4.78, 5) is 26.8. The molecule has 0 aromatic heterocycles. The number of carbonyl (C=O) groups excluding carboxylic acids is 2. The van der Waals surface area contributed by atoms with Gasteiger partial charge in [0.15, 0.2) is 0 Å². The molecule has 1 heterocycles. The van der Waals surface area contributed by atoms with Crippen LogP contribution in [0.2, 0.25) is 0 Å². The molecule has 0 bridgehead atoms. The van der Waals surface area contributed by atoms with Crippen molar-refractivity contribution in [2.75, 3.05) is 11.9 Å². The van der Waals surface area contributed by atoms with Crippen LogP contribution in [0.1, 0.15) is 28.8 Å². The van der Waals surface area contributed by atoms with E-state index in [1.165, 1.54) is 12.1 Å². The van der Waals surface area contributed by atoms with Crippen LogP contribution in [0.15, 0.2) is 48.5 Å². The van der Waals surface area contributed by atoms with E-state index in [4.69, 9.17) is 0 Å². The summed E-state index contributed by atoms with van der Waals surface area (Å²) in [5.41, 5.74) is 1.80. The van der Waals surface area contributed by atoms with Gasteiger partial charge >= 0.3 is 0 Å². The van der Waals surface area contributed by atoms with Crippen molar-refractivity contribution in [1.82, 2.24) is 4.90 Å². The number of carbonyl (C=O) groups is 2. The SMILES string of the molecule is Cc1cc(F)ccc1NC(=O)C1CCCN1C(=O)c1ccccc1. The maximum Gasteiger partial charge on any atom is 0.254 e. The van der Waals surface area contributed by atoms with Crippen LogP contribution in [0.5, 0.6) is 0 Å². The summed E-state index contributed by atoms with van der Waals surface area (Å²) in [6, 6.07) is 12.7. The first-order chi connectivity index (χ1) is 11.6. The highest BCUT2D eigenvalue weighted by Gasteiger charge is 2.34. The van der Waals surface area contributed by atoms with Gasteiger partial charge in [0.1, 0.15) is 11.9 Å². The molecule has 124 valence electrons. The number of aryl methyl sites for hydroxylation is 1. The van der Waals surface area contributed by atoms with Gasteiger partial charge in [0.05, 0.1) is 0 Å². The molecule has 1 atom stereocenters. The summed E-state index contributed by atoms with van der Waals surface area (Å²) in [5, 5.41) is 2.82. The van der Waals surface area contributed by atoms with E-state index in [0.717, 1.165) is 6.42 Å². The van der Waals surface area contributed by atoms with Crippen LogP contribution in [0, 0.1) is 12.7 Å². The quantitative estimate of drug-likeness (QED) is 0.940. The molecule has 0 saturated carbocycles. The molecule has 1 saturated heterocycles. The third-order valence-corrected chi connectivity index (χ3v) is 4.28. The number of anilines is 1. The summed E-state index contributed by atoms with van der Waals surface area (Å²) in [6.45, 7) is 2.30. The summed E-state index contributed by atoms with van der Waals surface area (Å²) in [7, 11) is 0. The lowest BCUT2D eigenvalue weighted by molar-refractivity contribution is -0.119. The molecule has 1 aliphatic heterocycles. The number of benzene rings is 2. The second-order valence-corrected chi connectivity index (χ2v) is 5.97. The highest BCUT2D eigenvalue weighted by Crippen LogP contribution is 2.23. The van der Waals surface area contributed by atoms with Crippen LogP contribution >= 0.6 is 0 Å². The fourth-order valence-corrected chi connectivity index (χ4v) is 3.01. The molecule has 3 rings (SSSR count). The van der Waals surface area contributed by atoms with Gasteiger partial charge in [-0.3, -0.25) is 9.59 Å². The smallest absolute Gasteiger partial charge is 0.254 e. The summed E-state index contributed by atoms with van der Waals surface area (Å²) < 4.78 is 13.2. The monoisotopic (exact) mass is 326 g/mol. The van der Waals surface area contributed by atoms with E-state index < -0.39 is 6.04 Å². The Morgan fingerprint density at radius 3 is 2.62 bits per heavy atom. The fraction of sp³-hybridized carbons (Fsp3) is 0.263. The second kappa shape index (κ2) is 6.83. The zero-order valence-electron chi connectivity index (χ0n) is 13.5. The van der Waals surface area contributed by atoms with Gasteiger partial charge in [-0.05, 0) is 55.7 Å². The number of hydrogen-bond donors (Lipinski definition) is 1. The molecule has 2 aromatic rings. The molecule has 4 nitrogen and oxygen atoms in total. The topological polar surface area (TPSA) is 49.4 Å².